The minimum Gasteiger partial charge on any atom is -0.387 e. The number of hydrogen-bond acceptors (Lipinski definition) is 2. The maximum absolute atomic E-state index is 10.6. The lowest BCUT2D eigenvalue weighted by atomic mass is 9.82. The molecule has 1 aliphatic carbocycles. The van der Waals surface area contributed by atoms with E-state index in [1.807, 2.05) is 6.07 Å². The van der Waals surface area contributed by atoms with Gasteiger partial charge in [0.05, 0.1) is 16.1 Å². The Kier molecular flexibility index (Phi) is 4.28. The van der Waals surface area contributed by atoms with Gasteiger partial charge in [-0.1, -0.05) is 42.1 Å². The SMILES string of the molecule is OC(c1ccc(Cl)c(Cl)c1)C1CCCC2(CCCC2)N1. The smallest absolute Gasteiger partial charge is 0.0943 e. The number of nitrogens with one attached hydrogen (secondary N) is 1. The standard InChI is InChI=1S/C16H21Cl2NO/c17-12-6-5-11(10-13(12)18)15(20)14-4-3-9-16(19-14)7-1-2-8-16/h5-6,10,14-15,19-20H,1-4,7-9H2. The zero-order valence-electron chi connectivity index (χ0n) is 11.5. The van der Waals surface area contributed by atoms with Gasteiger partial charge in [0.2, 0.25) is 0 Å². The second-order valence-corrected chi connectivity index (χ2v) is 7.06. The van der Waals surface area contributed by atoms with E-state index in [-0.39, 0.29) is 11.6 Å². The number of piperidine rings is 1. The Bertz CT molecular complexity index is 485. The molecule has 0 bridgehead atoms. The van der Waals surface area contributed by atoms with Crippen LogP contribution in [-0.2, 0) is 0 Å². The van der Waals surface area contributed by atoms with Crippen LogP contribution in [0.2, 0.25) is 10.0 Å². The van der Waals surface area contributed by atoms with Crippen molar-refractivity contribution in [2.75, 3.05) is 0 Å². The maximum Gasteiger partial charge on any atom is 0.0943 e. The van der Waals surface area contributed by atoms with Crippen LogP contribution in [0.15, 0.2) is 18.2 Å². The molecule has 1 aromatic rings. The van der Waals surface area contributed by atoms with E-state index in [1.165, 1.54) is 38.5 Å². The summed E-state index contributed by atoms with van der Waals surface area (Å²) in [5.41, 5.74) is 1.13. The molecular formula is C16H21Cl2NO. The number of halogens is 2. The maximum atomic E-state index is 10.6. The lowest BCUT2D eigenvalue weighted by Gasteiger charge is -2.41. The summed E-state index contributed by atoms with van der Waals surface area (Å²) in [6.45, 7) is 0. The molecule has 1 aromatic carbocycles. The third-order valence-corrected chi connectivity index (χ3v) is 5.63. The summed E-state index contributed by atoms with van der Waals surface area (Å²) in [5, 5.41) is 15.4. The molecule has 1 spiro atoms. The topological polar surface area (TPSA) is 32.3 Å². The van der Waals surface area contributed by atoms with E-state index in [0.29, 0.717) is 10.0 Å². The lowest BCUT2D eigenvalue weighted by Crippen LogP contribution is -2.53. The fourth-order valence-electron chi connectivity index (χ4n) is 3.81. The summed E-state index contributed by atoms with van der Waals surface area (Å²) in [7, 11) is 0. The molecule has 0 radical (unpaired) electrons. The number of rotatable bonds is 2. The zero-order chi connectivity index (χ0) is 14.2. The average molecular weight is 314 g/mol. The summed E-state index contributed by atoms with van der Waals surface area (Å²) in [6.07, 6.45) is 8.06. The highest BCUT2D eigenvalue weighted by molar-refractivity contribution is 6.42. The van der Waals surface area contributed by atoms with Crippen LogP contribution in [0.5, 0.6) is 0 Å². The number of aliphatic hydroxyl groups excluding tert-OH is 1. The third kappa shape index (κ3) is 2.85. The van der Waals surface area contributed by atoms with Crippen molar-refractivity contribution in [2.24, 2.45) is 0 Å². The summed E-state index contributed by atoms with van der Waals surface area (Å²) in [5.74, 6) is 0. The van der Waals surface area contributed by atoms with Crippen molar-refractivity contribution in [1.29, 1.82) is 0 Å². The van der Waals surface area contributed by atoms with Gasteiger partial charge in [0, 0.05) is 11.6 Å². The largest absolute Gasteiger partial charge is 0.387 e. The van der Waals surface area contributed by atoms with E-state index in [0.717, 1.165) is 12.0 Å². The van der Waals surface area contributed by atoms with Gasteiger partial charge in [-0.2, -0.15) is 0 Å². The predicted octanol–water partition coefficient (Wildman–Crippen LogP) is 4.48. The van der Waals surface area contributed by atoms with E-state index in [4.69, 9.17) is 23.2 Å². The number of benzene rings is 1. The molecule has 0 amide bonds. The lowest BCUT2D eigenvalue weighted by molar-refractivity contribution is 0.0760. The van der Waals surface area contributed by atoms with Crippen LogP contribution in [0.3, 0.4) is 0 Å². The van der Waals surface area contributed by atoms with E-state index >= 15 is 0 Å². The average Bonchev–Trinajstić information content (AvgIpc) is 2.89. The molecule has 1 heterocycles. The Morgan fingerprint density at radius 1 is 1.10 bits per heavy atom. The Balaban J connectivity index is 1.75. The molecule has 0 aromatic heterocycles. The first-order valence-corrected chi connectivity index (χ1v) is 8.26. The molecular weight excluding hydrogens is 293 g/mol. The van der Waals surface area contributed by atoms with Crippen LogP contribution in [0.1, 0.15) is 56.6 Å². The molecule has 2 atom stereocenters. The van der Waals surface area contributed by atoms with Crippen molar-refractivity contribution in [3.63, 3.8) is 0 Å². The quantitative estimate of drug-likeness (QED) is 0.843. The summed E-state index contributed by atoms with van der Waals surface area (Å²) in [4.78, 5) is 0. The van der Waals surface area contributed by atoms with Gasteiger partial charge >= 0.3 is 0 Å². The minimum absolute atomic E-state index is 0.124. The first kappa shape index (κ1) is 14.6. The van der Waals surface area contributed by atoms with Gasteiger partial charge in [-0.25, -0.2) is 0 Å². The molecule has 4 heteroatoms. The van der Waals surface area contributed by atoms with E-state index < -0.39 is 6.10 Å². The molecule has 20 heavy (non-hydrogen) atoms. The van der Waals surface area contributed by atoms with Crippen molar-refractivity contribution in [3.05, 3.63) is 33.8 Å². The number of hydrogen-bond donors (Lipinski definition) is 2. The highest BCUT2D eigenvalue weighted by Gasteiger charge is 2.40. The monoisotopic (exact) mass is 313 g/mol. The van der Waals surface area contributed by atoms with Gasteiger partial charge in [0.25, 0.3) is 0 Å². The molecule has 2 fully saturated rings. The van der Waals surface area contributed by atoms with Crippen LogP contribution in [0, 0.1) is 0 Å². The summed E-state index contributed by atoms with van der Waals surface area (Å²) < 4.78 is 0. The van der Waals surface area contributed by atoms with Gasteiger partial charge in [0.1, 0.15) is 0 Å². The first-order valence-electron chi connectivity index (χ1n) is 7.50. The molecule has 2 nitrogen and oxygen atoms in total. The Hall–Kier alpha value is -0.280. The van der Waals surface area contributed by atoms with Crippen LogP contribution >= 0.6 is 23.2 Å². The fourth-order valence-corrected chi connectivity index (χ4v) is 4.12. The normalized spacial score (nSPS) is 26.9. The Morgan fingerprint density at radius 2 is 1.80 bits per heavy atom. The van der Waals surface area contributed by atoms with Gasteiger partial charge < -0.3 is 10.4 Å². The zero-order valence-corrected chi connectivity index (χ0v) is 13.1. The molecule has 2 aliphatic rings. The highest BCUT2D eigenvalue weighted by Crippen LogP contribution is 2.40. The molecule has 3 rings (SSSR count). The highest BCUT2D eigenvalue weighted by atomic mass is 35.5. The van der Waals surface area contributed by atoms with Crippen LogP contribution < -0.4 is 5.32 Å². The Labute approximate surface area is 130 Å². The molecule has 2 N–H and O–H groups in total. The van der Waals surface area contributed by atoms with Crippen molar-refractivity contribution in [2.45, 2.75) is 62.6 Å². The minimum atomic E-state index is -0.512. The van der Waals surface area contributed by atoms with E-state index in [2.05, 4.69) is 5.32 Å². The summed E-state index contributed by atoms with van der Waals surface area (Å²) in [6, 6.07) is 5.54. The molecule has 2 unspecified atom stereocenters. The van der Waals surface area contributed by atoms with Crippen molar-refractivity contribution < 1.29 is 5.11 Å². The van der Waals surface area contributed by atoms with Crippen LogP contribution in [0.25, 0.3) is 0 Å². The molecule has 1 saturated carbocycles. The molecule has 1 saturated heterocycles. The van der Waals surface area contributed by atoms with Crippen LogP contribution in [0.4, 0.5) is 0 Å². The molecule has 110 valence electrons. The fraction of sp³-hybridized carbons (Fsp3) is 0.625. The third-order valence-electron chi connectivity index (χ3n) is 4.89. The molecule has 1 aliphatic heterocycles. The van der Waals surface area contributed by atoms with Crippen molar-refractivity contribution >= 4 is 23.2 Å². The first-order chi connectivity index (χ1) is 9.60. The van der Waals surface area contributed by atoms with Gasteiger partial charge in [-0.05, 0) is 49.8 Å². The van der Waals surface area contributed by atoms with Gasteiger partial charge in [-0.3, -0.25) is 0 Å². The second-order valence-electron chi connectivity index (χ2n) is 6.25. The predicted molar refractivity (Wildman–Crippen MR) is 83.4 cm³/mol. The summed E-state index contributed by atoms with van der Waals surface area (Å²) >= 11 is 12.0. The van der Waals surface area contributed by atoms with E-state index in [1.54, 1.807) is 12.1 Å². The van der Waals surface area contributed by atoms with Gasteiger partial charge in [0.15, 0.2) is 0 Å². The van der Waals surface area contributed by atoms with E-state index in [9.17, 15) is 5.11 Å². The number of aliphatic hydroxyl groups is 1. The Morgan fingerprint density at radius 3 is 2.50 bits per heavy atom. The second kappa shape index (κ2) is 5.84. The van der Waals surface area contributed by atoms with Crippen molar-refractivity contribution in [3.8, 4) is 0 Å². The van der Waals surface area contributed by atoms with Crippen molar-refractivity contribution in [1.82, 2.24) is 5.32 Å². The van der Waals surface area contributed by atoms with Crippen LogP contribution in [-0.4, -0.2) is 16.7 Å². The van der Waals surface area contributed by atoms with Gasteiger partial charge in [-0.15, -0.1) is 0 Å².